The van der Waals surface area contributed by atoms with Crippen LogP contribution in [-0.4, -0.2) is 65.4 Å². The maximum atomic E-state index is 13.4. The zero-order valence-corrected chi connectivity index (χ0v) is 23.7. The Labute approximate surface area is 242 Å². The Hall–Kier alpha value is -4.74. The van der Waals surface area contributed by atoms with Crippen molar-refractivity contribution in [2.24, 2.45) is 11.3 Å². The summed E-state index contributed by atoms with van der Waals surface area (Å²) < 4.78 is 15.3. The molecule has 0 saturated carbocycles. The number of esters is 2. The predicted molar refractivity (Wildman–Crippen MR) is 146 cm³/mol. The molecule has 2 aliphatic heterocycles. The molecule has 42 heavy (non-hydrogen) atoms. The number of hydrogen-bond acceptors (Lipinski definition) is 9. The van der Waals surface area contributed by atoms with E-state index in [0.29, 0.717) is 5.56 Å². The first kappa shape index (κ1) is 30.2. The highest BCUT2D eigenvalue weighted by atomic mass is 16.7. The van der Waals surface area contributed by atoms with Gasteiger partial charge in [-0.3, -0.25) is 19.2 Å². The Morgan fingerprint density at radius 3 is 2.14 bits per heavy atom. The van der Waals surface area contributed by atoms with Crippen LogP contribution in [0.2, 0.25) is 0 Å². The van der Waals surface area contributed by atoms with Gasteiger partial charge in [0.2, 0.25) is 18.6 Å². The third-order valence-electron chi connectivity index (χ3n) is 7.06. The zero-order valence-electron chi connectivity index (χ0n) is 23.7. The second-order valence-corrected chi connectivity index (χ2v) is 11.1. The summed E-state index contributed by atoms with van der Waals surface area (Å²) in [6, 6.07) is 12.5. The number of hydrogen-bond donors (Lipinski definition) is 2. The minimum Gasteiger partial charge on any atom is -0.445 e. The number of alkyl carbamates (subject to hydrolysis) is 1. The molecule has 2 N–H and O–H groups in total. The normalized spacial score (nSPS) is 21.9. The highest BCUT2D eigenvalue weighted by Gasteiger charge is 2.64. The van der Waals surface area contributed by atoms with Crippen LogP contribution in [-0.2, 0) is 44.8 Å². The van der Waals surface area contributed by atoms with Gasteiger partial charge in [0.15, 0.2) is 5.78 Å². The van der Waals surface area contributed by atoms with E-state index in [1.54, 1.807) is 75.4 Å². The van der Waals surface area contributed by atoms with Gasteiger partial charge in [-0.05, 0) is 31.9 Å². The molecule has 0 radical (unpaired) electrons. The molecule has 2 aromatic carbocycles. The van der Waals surface area contributed by atoms with E-state index in [0.717, 1.165) is 10.5 Å². The molecule has 222 valence electrons. The van der Waals surface area contributed by atoms with E-state index >= 15 is 0 Å². The second-order valence-electron chi connectivity index (χ2n) is 11.1. The molecule has 2 aliphatic rings. The van der Waals surface area contributed by atoms with E-state index in [2.05, 4.69) is 10.6 Å². The Morgan fingerprint density at radius 2 is 1.52 bits per heavy atom. The van der Waals surface area contributed by atoms with Crippen molar-refractivity contribution in [3.8, 4) is 0 Å². The standard InChI is InChI=1S/C30H33N3O9/c1-17-22(27(37)41-16-42-28(38)30(2,3)4)33-23(24(17)34)21(26(33)36)31-25(35)20(19-13-9-6-10-14-19)32-29(39)40-15-18-11-7-5-8-12-18/h5-14,17,20-23H,15-16H2,1-4H3,(H,31,35)(H,32,39)/t17?,20?,21?,22?,23-/m0/s1. The van der Waals surface area contributed by atoms with Crippen molar-refractivity contribution in [2.45, 2.75) is 58.5 Å². The first-order valence-corrected chi connectivity index (χ1v) is 13.4. The molecule has 2 aromatic rings. The number of nitrogens with one attached hydrogen (secondary N) is 2. The monoisotopic (exact) mass is 579 g/mol. The average Bonchev–Trinajstić information content (AvgIpc) is 3.20. The summed E-state index contributed by atoms with van der Waals surface area (Å²) in [5, 5.41) is 5.08. The quantitative estimate of drug-likeness (QED) is 0.258. The van der Waals surface area contributed by atoms with Crippen molar-refractivity contribution in [3.63, 3.8) is 0 Å². The van der Waals surface area contributed by atoms with Crippen molar-refractivity contribution in [2.75, 3.05) is 6.79 Å². The highest BCUT2D eigenvalue weighted by molar-refractivity contribution is 6.11. The molecule has 0 bridgehead atoms. The molecule has 4 unspecified atom stereocenters. The van der Waals surface area contributed by atoms with E-state index in [-0.39, 0.29) is 6.61 Å². The molecule has 4 rings (SSSR count). The smallest absolute Gasteiger partial charge is 0.408 e. The summed E-state index contributed by atoms with van der Waals surface area (Å²) in [5.41, 5.74) is 0.369. The Morgan fingerprint density at radius 1 is 0.905 bits per heavy atom. The van der Waals surface area contributed by atoms with Crippen LogP contribution in [0.15, 0.2) is 60.7 Å². The fourth-order valence-electron chi connectivity index (χ4n) is 4.75. The van der Waals surface area contributed by atoms with Crippen LogP contribution in [0.1, 0.15) is 44.9 Å². The van der Waals surface area contributed by atoms with Gasteiger partial charge in [-0.2, -0.15) is 0 Å². The predicted octanol–water partition coefficient (Wildman–Crippen LogP) is 2.03. The zero-order chi connectivity index (χ0) is 30.6. The van der Waals surface area contributed by atoms with Crippen LogP contribution in [0.3, 0.4) is 0 Å². The topological polar surface area (TPSA) is 157 Å². The van der Waals surface area contributed by atoms with Crippen LogP contribution in [0.4, 0.5) is 4.79 Å². The summed E-state index contributed by atoms with van der Waals surface area (Å²) in [5.74, 6) is -4.22. The molecule has 0 aromatic heterocycles. The van der Waals surface area contributed by atoms with Crippen molar-refractivity contribution in [1.82, 2.24) is 15.5 Å². The van der Waals surface area contributed by atoms with Crippen LogP contribution >= 0.6 is 0 Å². The first-order chi connectivity index (χ1) is 19.9. The number of benzene rings is 2. The van der Waals surface area contributed by atoms with Gasteiger partial charge in [0.05, 0.1) is 5.41 Å². The highest BCUT2D eigenvalue weighted by Crippen LogP contribution is 2.37. The Balaban J connectivity index is 1.40. The molecule has 0 spiro atoms. The fraction of sp³-hybridized carbons (Fsp3) is 0.400. The summed E-state index contributed by atoms with van der Waals surface area (Å²) in [4.78, 5) is 77.9. The molecule has 2 saturated heterocycles. The van der Waals surface area contributed by atoms with E-state index in [1.165, 1.54) is 6.92 Å². The minimum absolute atomic E-state index is 0.0206. The van der Waals surface area contributed by atoms with E-state index in [1.807, 2.05) is 6.07 Å². The maximum Gasteiger partial charge on any atom is 0.408 e. The van der Waals surface area contributed by atoms with E-state index < -0.39 is 77.9 Å². The number of fused-ring (bicyclic) bond motifs is 1. The maximum absolute atomic E-state index is 13.4. The van der Waals surface area contributed by atoms with Crippen LogP contribution in [0.5, 0.6) is 0 Å². The van der Waals surface area contributed by atoms with Crippen molar-refractivity contribution in [3.05, 3.63) is 71.8 Å². The third kappa shape index (κ3) is 6.42. The number of ether oxygens (including phenoxy) is 3. The van der Waals surface area contributed by atoms with Gasteiger partial charge in [-0.1, -0.05) is 67.6 Å². The summed E-state index contributed by atoms with van der Waals surface area (Å²) in [7, 11) is 0. The lowest BCUT2D eigenvalue weighted by atomic mass is 9.92. The number of carbonyl (C=O) groups excluding carboxylic acids is 6. The molecular weight excluding hydrogens is 546 g/mol. The number of carbonyl (C=O) groups is 6. The van der Waals surface area contributed by atoms with Crippen molar-refractivity contribution in [1.29, 1.82) is 0 Å². The molecule has 12 heteroatoms. The minimum atomic E-state index is -1.24. The third-order valence-corrected chi connectivity index (χ3v) is 7.06. The van der Waals surface area contributed by atoms with Crippen LogP contribution in [0, 0.1) is 11.3 Å². The summed E-state index contributed by atoms with van der Waals surface area (Å²) >= 11 is 0. The molecule has 5 atom stereocenters. The van der Waals surface area contributed by atoms with Gasteiger partial charge in [-0.15, -0.1) is 0 Å². The fourth-order valence-corrected chi connectivity index (χ4v) is 4.75. The lowest BCUT2D eigenvalue weighted by Crippen LogP contribution is -2.72. The number of rotatable bonds is 9. The van der Waals surface area contributed by atoms with E-state index in [4.69, 9.17) is 14.2 Å². The Kier molecular flexibility index (Phi) is 8.93. The largest absolute Gasteiger partial charge is 0.445 e. The number of Topliss-reactive ketones (excluding diaryl/α,β-unsaturated/α-hetero) is 1. The second kappa shape index (κ2) is 12.4. The van der Waals surface area contributed by atoms with Gasteiger partial charge in [0, 0.05) is 5.92 Å². The van der Waals surface area contributed by atoms with Gasteiger partial charge in [0.1, 0.15) is 30.8 Å². The molecule has 2 heterocycles. The number of amides is 3. The first-order valence-electron chi connectivity index (χ1n) is 13.4. The molecule has 12 nitrogen and oxygen atoms in total. The van der Waals surface area contributed by atoms with Crippen molar-refractivity contribution >= 4 is 35.6 Å². The van der Waals surface area contributed by atoms with Gasteiger partial charge in [-0.25, -0.2) is 9.59 Å². The number of β-lactam (4-membered cyclic amide) rings is 1. The molecular formula is C30H33N3O9. The van der Waals surface area contributed by atoms with Crippen molar-refractivity contribution < 1.29 is 43.0 Å². The Bertz CT molecular complexity index is 1360. The van der Waals surface area contributed by atoms with Crippen LogP contribution in [0.25, 0.3) is 0 Å². The lowest BCUT2D eigenvalue weighted by Gasteiger charge is -2.43. The van der Waals surface area contributed by atoms with Gasteiger partial charge in [0.25, 0.3) is 0 Å². The average molecular weight is 580 g/mol. The SMILES string of the molecule is CC1C(=O)[C@@H]2C(NC(=O)C(NC(=O)OCc3ccccc3)c3ccccc3)C(=O)N2C1C(=O)OCOC(=O)C(C)(C)C. The summed E-state index contributed by atoms with van der Waals surface area (Å²) in [6.07, 6.45) is -0.857. The lowest BCUT2D eigenvalue weighted by molar-refractivity contribution is -0.180. The van der Waals surface area contributed by atoms with Crippen LogP contribution < -0.4 is 10.6 Å². The van der Waals surface area contributed by atoms with E-state index in [9.17, 15) is 28.8 Å². The van der Waals surface area contributed by atoms with Gasteiger partial charge >= 0.3 is 18.0 Å². The van der Waals surface area contributed by atoms with Gasteiger partial charge < -0.3 is 29.7 Å². The number of ketones is 1. The molecule has 3 amide bonds. The number of nitrogens with zero attached hydrogens (tertiary/aromatic N) is 1. The summed E-state index contributed by atoms with van der Waals surface area (Å²) in [6.45, 7) is 5.71. The molecule has 2 fully saturated rings. The molecule has 0 aliphatic carbocycles.